The molecule has 1 unspecified atom stereocenters. The van der Waals surface area contributed by atoms with Crippen LogP contribution in [0, 0.1) is 0 Å². The molecular formula is C13H20N2S. The molecule has 3 heteroatoms. The number of benzene rings is 1. The van der Waals surface area contributed by atoms with Gasteiger partial charge < -0.3 is 5.73 Å². The fraction of sp³-hybridized carbons (Fsp3) is 0.538. The van der Waals surface area contributed by atoms with Crippen LogP contribution in [0.1, 0.15) is 24.5 Å². The zero-order valence-corrected chi connectivity index (χ0v) is 10.9. The lowest BCUT2D eigenvalue weighted by molar-refractivity contribution is 0.281. The molecule has 2 N–H and O–H groups in total. The summed E-state index contributed by atoms with van der Waals surface area (Å²) in [5.74, 6) is 0. The molecule has 1 aliphatic rings. The fourth-order valence-corrected chi connectivity index (χ4v) is 2.50. The number of hydrogen-bond donors (Lipinski definition) is 1. The Kier molecular flexibility index (Phi) is 3.77. The lowest BCUT2D eigenvalue weighted by Gasteiger charge is -2.16. The van der Waals surface area contributed by atoms with Crippen molar-refractivity contribution < 1.29 is 0 Å². The van der Waals surface area contributed by atoms with Crippen LogP contribution in [0.25, 0.3) is 0 Å². The van der Waals surface area contributed by atoms with Crippen LogP contribution in [0.2, 0.25) is 0 Å². The highest BCUT2D eigenvalue weighted by Gasteiger charge is 2.20. The summed E-state index contributed by atoms with van der Waals surface area (Å²) in [7, 11) is 0. The third-order valence-corrected chi connectivity index (χ3v) is 4.38. The first kappa shape index (κ1) is 11.8. The molecule has 0 saturated carbocycles. The third kappa shape index (κ3) is 2.53. The van der Waals surface area contributed by atoms with E-state index < -0.39 is 0 Å². The molecular weight excluding hydrogens is 216 g/mol. The zero-order chi connectivity index (χ0) is 11.5. The Balaban J connectivity index is 1.93. The molecule has 0 aromatic heterocycles. The predicted octanol–water partition coefficient (Wildman–Crippen LogP) is 2.73. The Hall–Kier alpha value is -0.670. The van der Waals surface area contributed by atoms with Crippen molar-refractivity contribution in [2.75, 3.05) is 18.5 Å². The fourth-order valence-electron chi connectivity index (χ4n) is 2.16. The van der Waals surface area contributed by atoms with E-state index in [1.54, 1.807) is 0 Å². The summed E-state index contributed by atoms with van der Waals surface area (Å²) in [4.78, 5) is 2.49. The Morgan fingerprint density at radius 1 is 1.44 bits per heavy atom. The van der Waals surface area contributed by atoms with Crippen LogP contribution < -0.4 is 5.73 Å². The second-order valence-corrected chi connectivity index (χ2v) is 5.81. The summed E-state index contributed by atoms with van der Waals surface area (Å²) >= 11 is 1.94. The van der Waals surface area contributed by atoms with Crippen molar-refractivity contribution in [3.8, 4) is 0 Å². The van der Waals surface area contributed by atoms with E-state index in [4.69, 9.17) is 5.73 Å². The van der Waals surface area contributed by atoms with Gasteiger partial charge in [0, 0.05) is 24.0 Å². The highest BCUT2D eigenvalue weighted by Crippen LogP contribution is 2.27. The van der Waals surface area contributed by atoms with Gasteiger partial charge >= 0.3 is 0 Å². The molecule has 0 bridgehead atoms. The van der Waals surface area contributed by atoms with Crippen molar-refractivity contribution in [2.45, 2.75) is 31.7 Å². The van der Waals surface area contributed by atoms with Crippen LogP contribution in [0.5, 0.6) is 0 Å². The molecule has 0 saturated heterocycles. The van der Waals surface area contributed by atoms with Gasteiger partial charge in [0.05, 0.1) is 0 Å². The topological polar surface area (TPSA) is 29.3 Å². The Morgan fingerprint density at radius 2 is 2.25 bits per heavy atom. The van der Waals surface area contributed by atoms with Crippen LogP contribution in [-0.2, 0) is 13.1 Å². The van der Waals surface area contributed by atoms with E-state index >= 15 is 0 Å². The largest absolute Gasteiger partial charge is 0.398 e. The first-order valence-electron chi connectivity index (χ1n) is 5.82. The van der Waals surface area contributed by atoms with E-state index in [1.807, 2.05) is 17.8 Å². The maximum atomic E-state index is 5.99. The highest BCUT2D eigenvalue weighted by molar-refractivity contribution is 7.99. The van der Waals surface area contributed by atoms with Crippen molar-refractivity contribution in [2.24, 2.45) is 0 Å². The van der Waals surface area contributed by atoms with E-state index in [-0.39, 0.29) is 0 Å². The zero-order valence-electron chi connectivity index (χ0n) is 10.1. The third-order valence-electron chi connectivity index (χ3n) is 3.34. The summed E-state index contributed by atoms with van der Waals surface area (Å²) in [6, 6.07) is 6.26. The number of nitrogens with two attached hydrogens (primary N) is 1. The van der Waals surface area contributed by atoms with Crippen LogP contribution in [0.3, 0.4) is 0 Å². The minimum atomic E-state index is 0.751. The van der Waals surface area contributed by atoms with E-state index in [0.29, 0.717) is 0 Å². The number of thioether (sulfide) groups is 1. The van der Waals surface area contributed by atoms with E-state index in [2.05, 4.69) is 30.2 Å². The second kappa shape index (κ2) is 5.11. The van der Waals surface area contributed by atoms with Gasteiger partial charge in [0.1, 0.15) is 0 Å². The molecule has 0 aliphatic carbocycles. The molecule has 2 rings (SSSR count). The molecule has 0 amide bonds. The predicted molar refractivity (Wildman–Crippen MR) is 72.6 cm³/mol. The number of nitrogens with zero attached hydrogens (tertiary/aromatic N) is 1. The summed E-state index contributed by atoms with van der Waals surface area (Å²) < 4.78 is 0. The maximum Gasteiger partial charge on any atom is 0.0363 e. The average Bonchev–Trinajstić information content (AvgIpc) is 2.70. The van der Waals surface area contributed by atoms with Gasteiger partial charge in [-0.05, 0) is 36.4 Å². The van der Waals surface area contributed by atoms with Gasteiger partial charge in [0.15, 0.2) is 0 Å². The smallest absolute Gasteiger partial charge is 0.0363 e. The molecule has 1 aliphatic heterocycles. The number of fused-ring (bicyclic) bond motifs is 1. The van der Waals surface area contributed by atoms with Crippen LogP contribution in [0.15, 0.2) is 18.2 Å². The standard InChI is InChI=1S/C13H20N2S/c1-10(16-2)6-7-15-8-11-4-3-5-13(14)12(11)9-15/h3-5,10H,6-9,14H2,1-2H3. The molecule has 1 aromatic carbocycles. The molecule has 0 radical (unpaired) electrons. The van der Waals surface area contributed by atoms with Gasteiger partial charge in [-0.25, -0.2) is 0 Å². The van der Waals surface area contributed by atoms with Gasteiger partial charge in [0.2, 0.25) is 0 Å². The van der Waals surface area contributed by atoms with Gasteiger partial charge in [-0.2, -0.15) is 11.8 Å². The quantitative estimate of drug-likeness (QED) is 0.815. The summed E-state index contributed by atoms with van der Waals surface area (Å²) in [6.07, 6.45) is 3.44. The van der Waals surface area contributed by atoms with Crippen molar-refractivity contribution >= 4 is 17.4 Å². The van der Waals surface area contributed by atoms with E-state index in [1.165, 1.54) is 24.1 Å². The normalized spacial score (nSPS) is 17.4. The van der Waals surface area contributed by atoms with Gasteiger partial charge in [-0.15, -0.1) is 0 Å². The van der Waals surface area contributed by atoms with Crippen LogP contribution in [0.4, 0.5) is 5.69 Å². The summed E-state index contributed by atoms with van der Waals surface area (Å²) in [6.45, 7) is 5.57. The molecule has 1 atom stereocenters. The number of rotatable bonds is 4. The molecule has 2 nitrogen and oxygen atoms in total. The molecule has 0 fully saturated rings. The van der Waals surface area contributed by atoms with Crippen molar-refractivity contribution in [1.82, 2.24) is 4.90 Å². The summed E-state index contributed by atoms with van der Waals surface area (Å²) in [5.41, 5.74) is 9.70. The van der Waals surface area contributed by atoms with Gasteiger partial charge in [-0.3, -0.25) is 4.90 Å². The second-order valence-electron chi connectivity index (χ2n) is 4.53. The van der Waals surface area contributed by atoms with E-state index in [9.17, 15) is 0 Å². The first-order valence-corrected chi connectivity index (χ1v) is 7.11. The van der Waals surface area contributed by atoms with Crippen molar-refractivity contribution in [1.29, 1.82) is 0 Å². The average molecular weight is 236 g/mol. The number of nitrogen functional groups attached to an aromatic ring is 1. The molecule has 1 aromatic rings. The molecule has 88 valence electrons. The number of anilines is 1. The molecule has 16 heavy (non-hydrogen) atoms. The minimum absolute atomic E-state index is 0.751. The van der Waals surface area contributed by atoms with Gasteiger partial charge in [0.25, 0.3) is 0 Å². The molecule has 0 spiro atoms. The highest BCUT2D eigenvalue weighted by atomic mass is 32.2. The number of hydrogen-bond acceptors (Lipinski definition) is 3. The van der Waals surface area contributed by atoms with E-state index in [0.717, 1.165) is 24.0 Å². The first-order chi connectivity index (χ1) is 7.70. The van der Waals surface area contributed by atoms with Crippen molar-refractivity contribution in [3.05, 3.63) is 29.3 Å². The lowest BCUT2D eigenvalue weighted by Crippen LogP contribution is -2.20. The van der Waals surface area contributed by atoms with Crippen LogP contribution in [-0.4, -0.2) is 23.0 Å². The lowest BCUT2D eigenvalue weighted by atomic mass is 10.1. The van der Waals surface area contributed by atoms with Crippen LogP contribution >= 0.6 is 11.8 Å². The Bertz CT molecular complexity index is 365. The maximum absolute atomic E-state index is 5.99. The minimum Gasteiger partial charge on any atom is -0.398 e. The Morgan fingerprint density at radius 3 is 2.94 bits per heavy atom. The SMILES string of the molecule is CSC(C)CCN1Cc2cccc(N)c2C1. The van der Waals surface area contributed by atoms with Crippen molar-refractivity contribution in [3.63, 3.8) is 0 Å². The summed E-state index contributed by atoms with van der Waals surface area (Å²) in [5, 5.41) is 0.751. The monoisotopic (exact) mass is 236 g/mol. The Labute approximate surface area is 102 Å². The molecule has 1 heterocycles. The van der Waals surface area contributed by atoms with Gasteiger partial charge in [-0.1, -0.05) is 19.1 Å².